The van der Waals surface area contributed by atoms with E-state index >= 15 is 4.39 Å². The summed E-state index contributed by atoms with van der Waals surface area (Å²) in [6.45, 7) is 4.29. The van der Waals surface area contributed by atoms with Gasteiger partial charge in [-0.1, -0.05) is 0 Å². The molecule has 186 valence electrons. The second-order valence-corrected chi connectivity index (χ2v) is 8.44. The smallest absolute Gasteiger partial charge is 0.271 e. The number of carbonyl (C=O) groups excluding carboxylic acids is 1. The summed E-state index contributed by atoms with van der Waals surface area (Å²) in [5.41, 5.74) is 9.34. The van der Waals surface area contributed by atoms with Gasteiger partial charge in [-0.2, -0.15) is 0 Å². The van der Waals surface area contributed by atoms with Crippen molar-refractivity contribution < 1.29 is 13.9 Å². The number of nitrogens with one attached hydrogen (secondary N) is 2. The number of aromatic nitrogens is 5. The van der Waals surface area contributed by atoms with E-state index in [0.29, 0.717) is 54.5 Å². The lowest BCUT2D eigenvalue weighted by Gasteiger charge is -2.30. The molecule has 0 unspecified atom stereocenters. The van der Waals surface area contributed by atoms with Crippen LogP contribution in [0.4, 0.5) is 27.4 Å². The van der Waals surface area contributed by atoms with Crippen molar-refractivity contribution in [2.24, 2.45) is 12.8 Å². The maximum Gasteiger partial charge on any atom is 0.271 e. The van der Waals surface area contributed by atoms with Gasteiger partial charge in [-0.25, -0.2) is 19.3 Å². The van der Waals surface area contributed by atoms with E-state index in [0.717, 1.165) is 11.2 Å². The monoisotopic (exact) mass is 491 g/mol. The van der Waals surface area contributed by atoms with Crippen molar-refractivity contribution in [2.45, 2.75) is 6.92 Å². The number of nitrogens with zero attached hydrogens (tertiary/aromatic N) is 6. The van der Waals surface area contributed by atoms with Crippen LogP contribution in [0.1, 0.15) is 16.1 Å². The average Bonchev–Trinajstić information content (AvgIpc) is 3.28. The van der Waals surface area contributed by atoms with Gasteiger partial charge in [0, 0.05) is 44.6 Å². The Hall–Kier alpha value is -4.32. The van der Waals surface area contributed by atoms with E-state index in [1.165, 1.54) is 0 Å². The summed E-state index contributed by atoms with van der Waals surface area (Å²) >= 11 is 0. The van der Waals surface area contributed by atoms with Crippen LogP contribution in [0.2, 0.25) is 0 Å². The molecular formula is C24H26FN9O2. The second kappa shape index (κ2) is 9.38. The molecule has 1 saturated heterocycles. The van der Waals surface area contributed by atoms with Crippen LogP contribution in [-0.2, 0) is 11.8 Å². The molecule has 4 aromatic rings. The van der Waals surface area contributed by atoms with Gasteiger partial charge >= 0.3 is 0 Å². The number of carbonyl (C=O) groups is 1. The molecule has 1 amide bonds. The molecule has 12 heteroatoms. The van der Waals surface area contributed by atoms with Crippen molar-refractivity contribution in [3.8, 4) is 11.3 Å². The molecule has 1 aromatic carbocycles. The first kappa shape index (κ1) is 23.4. The van der Waals surface area contributed by atoms with Gasteiger partial charge in [0.1, 0.15) is 11.2 Å². The van der Waals surface area contributed by atoms with E-state index in [1.807, 2.05) is 17.7 Å². The third-order valence-corrected chi connectivity index (χ3v) is 6.22. The Balaban J connectivity index is 1.57. The molecule has 1 fully saturated rings. The van der Waals surface area contributed by atoms with Crippen LogP contribution < -0.4 is 21.3 Å². The summed E-state index contributed by atoms with van der Waals surface area (Å²) in [6.07, 6.45) is 4.96. The van der Waals surface area contributed by atoms with Gasteiger partial charge in [-0.15, -0.1) is 0 Å². The van der Waals surface area contributed by atoms with Gasteiger partial charge in [-0.05, 0) is 19.1 Å². The van der Waals surface area contributed by atoms with Crippen LogP contribution in [-0.4, -0.2) is 63.8 Å². The largest absolute Gasteiger partial charge is 0.378 e. The number of imidazole rings is 1. The number of pyridine rings is 1. The van der Waals surface area contributed by atoms with Crippen molar-refractivity contribution in [1.29, 1.82) is 0 Å². The molecule has 0 radical (unpaired) electrons. The zero-order valence-corrected chi connectivity index (χ0v) is 20.2. The Labute approximate surface area is 206 Å². The van der Waals surface area contributed by atoms with E-state index in [-0.39, 0.29) is 17.2 Å². The number of amides is 1. The summed E-state index contributed by atoms with van der Waals surface area (Å²) in [6, 6.07) is 3.45. The number of rotatable bonds is 6. The highest BCUT2D eigenvalue weighted by Gasteiger charge is 2.23. The van der Waals surface area contributed by atoms with Crippen molar-refractivity contribution in [1.82, 2.24) is 24.5 Å². The Bertz CT molecular complexity index is 1460. The molecule has 0 spiro atoms. The molecule has 3 aromatic heterocycles. The quantitative estimate of drug-likeness (QED) is 0.372. The number of ether oxygens (including phenoxy) is 1. The van der Waals surface area contributed by atoms with E-state index in [1.54, 1.807) is 38.8 Å². The Morgan fingerprint density at radius 2 is 1.94 bits per heavy atom. The first-order valence-electron chi connectivity index (χ1n) is 11.4. The number of benzene rings is 1. The van der Waals surface area contributed by atoms with E-state index in [9.17, 15) is 4.79 Å². The number of morpholine rings is 1. The minimum atomic E-state index is -0.808. The number of primary amides is 1. The summed E-state index contributed by atoms with van der Waals surface area (Å²) in [4.78, 5) is 32.2. The lowest BCUT2D eigenvalue weighted by molar-refractivity contribution is 0.0996. The molecule has 5 rings (SSSR count). The number of fused-ring (bicyclic) bond motifs is 1. The molecular weight excluding hydrogens is 465 g/mol. The highest BCUT2D eigenvalue weighted by molar-refractivity contribution is 5.99. The molecule has 0 saturated carbocycles. The van der Waals surface area contributed by atoms with Gasteiger partial charge in [0.25, 0.3) is 5.91 Å². The fourth-order valence-corrected chi connectivity index (χ4v) is 4.32. The Kier molecular flexibility index (Phi) is 6.10. The summed E-state index contributed by atoms with van der Waals surface area (Å²) in [5, 5.41) is 5.92. The van der Waals surface area contributed by atoms with Gasteiger partial charge in [0.05, 0.1) is 42.5 Å². The van der Waals surface area contributed by atoms with E-state index in [4.69, 9.17) is 10.5 Å². The molecule has 1 aliphatic heterocycles. The third-order valence-electron chi connectivity index (χ3n) is 6.22. The lowest BCUT2D eigenvalue weighted by Crippen LogP contribution is -2.36. The van der Waals surface area contributed by atoms with Gasteiger partial charge < -0.3 is 30.6 Å². The first-order valence-corrected chi connectivity index (χ1v) is 11.4. The van der Waals surface area contributed by atoms with E-state index < -0.39 is 11.7 Å². The van der Waals surface area contributed by atoms with Crippen molar-refractivity contribution in [3.63, 3.8) is 0 Å². The SMILES string of the molecule is CNc1nc(Nc2ccc(N3CCOCC3)c(C)c2F)c(C(N)=O)nc1-c1cncc2c1ncn2C. The minimum absolute atomic E-state index is 0.0363. The van der Waals surface area contributed by atoms with Crippen molar-refractivity contribution in [2.75, 3.05) is 48.9 Å². The van der Waals surface area contributed by atoms with Crippen molar-refractivity contribution in [3.05, 3.63) is 47.9 Å². The highest BCUT2D eigenvalue weighted by Crippen LogP contribution is 2.34. The van der Waals surface area contributed by atoms with Gasteiger partial charge in [-0.3, -0.25) is 9.78 Å². The zero-order chi connectivity index (χ0) is 25.4. The Morgan fingerprint density at radius 1 is 1.17 bits per heavy atom. The van der Waals surface area contributed by atoms with Crippen LogP contribution in [0.15, 0.2) is 30.9 Å². The van der Waals surface area contributed by atoms with Gasteiger partial charge in [0.15, 0.2) is 23.1 Å². The fourth-order valence-electron chi connectivity index (χ4n) is 4.32. The molecule has 0 aliphatic carbocycles. The Morgan fingerprint density at radius 3 is 2.67 bits per heavy atom. The average molecular weight is 492 g/mol. The summed E-state index contributed by atoms with van der Waals surface area (Å²) < 4.78 is 22.6. The number of halogens is 1. The molecule has 0 bridgehead atoms. The molecule has 0 atom stereocenters. The van der Waals surface area contributed by atoms with Crippen LogP contribution in [0.3, 0.4) is 0 Å². The second-order valence-electron chi connectivity index (χ2n) is 8.44. The molecule has 4 N–H and O–H groups in total. The van der Waals surface area contributed by atoms with Crippen LogP contribution >= 0.6 is 0 Å². The zero-order valence-electron chi connectivity index (χ0n) is 20.2. The molecule has 1 aliphatic rings. The lowest BCUT2D eigenvalue weighted by atomic mass is 10.1. The maximum atomic E-state index is 15.4. The third kappa shape index (κ3) is 4.05. The fraction of sp³-hybridized carbons (Fsp3) is 0.292. The molecule has 36 heavy (non-hydrogen) atoms. The first-order chi connectivity index (χ1) is 17.4. The maximum absolute atomic E-state index is 15.4. The van der Waals surface area contributed by atoms with Crippen LogP contribution in [0, 0.1) is 12.7 Å². The number of hydrogen-bond acceptors (Lipinski definition) is 9. The predicted molar refractivity (Wildman–Crippen MR) is 135 cm³/mol. The molecule has 11 nitrogen and oxygen atoms in total. The van der Waals surface area contributed by atoms with Crippen molar-refractivity contribution >= 4 is 40.0 Å². The topological polar surface area (TPSA) is 136 Å². The summed E-state index contributed by atoms with van der Waals surface area (Å²) in [7, 11) is 3.53. The minimum Gasteiger partial charge on any atom is -0.378 e. The predicted octanol–water partition coefficient (Wildman–Crippen LogP) is 2.59. The number of nitrogens with two attached hydrogens (primary N) is 1. The number of hydrogen-bond donors (Lipinski definition) is 3. The summed E-state index contributed by atoms with van der Waals surface area (Å²) in [5.74, 6) is -0.871. The van der Waals surface area contributed by atoms with Crippen LogP contribution in [0.25, 0.3) is 22.3 Å². The van der Waals surface area contributed by atoms with E-state index in [2.05, 4.69) is 35.5 Å². The number of aryl methyl sites for hydroxylation is 1. The highest BCUT2D eigenvalue weighted by atomic mass is 19.1. The number of anilines is 4. The standard InChI is InChI=1S/C24H26FN9O2/c1-13-16(34-6-8-36-9-7-34)5-4-15(18(13)25)30-24-21(22(26)35)31-20(23(27-2)32-24)14-10-28-11-17-19(14)29-12-33(17)3/h4-5,10-12H,6-9H2,1-3H3,(H2,26,35)(H2,27,30,32). The van der Waals surface area contributed by atoms with Crippen LogP contribution in [0.5, 0.6) is 0 Å². The van der Waals surface area contributed by atoms with Gasteiger partial charge in [0.2, 0.25) is 0 Å². The molecule has 4 heterocycles. The normalized spacial score (nSPS) is 13.7.